The number of nitrogens with zero attached hydrogens (tertiary/aromatic N) is 1. The van der Waals surface area contributed by atoms with E-state index in [0.717, 1.165) is 19.3 Å². The van der Waals surface area contributed by atoms with Crippen LogP contribution in [0.1, 0.15) is 55.5 Å². The fourth-order valence-electron chi connectivity index (χ4n) is 2.28. The molecule has 0 radical (unpaired) electrons. The second-order valence-electron chi connectivity index (χ2n) is 5.38. The Bertz CT molecular complexity index is 500. The summed E-state index contributed by atoms with van der Waals surface area (Å²) in [6.45, 7) is 6.59. The van der Waals surface area contributed by atoms with E-state index < -0.39 is 4.92 Å². The molecule has 1 aromatic carbocycles. The van der Waals surface area contributed by atoms with Crippen molar-refractivity contribution in [1.29, 1.82) is 0 Å². The molecule has 21 heavy (non-hydrogen) atoms. The van der Waals surface area contributed by atoms with E-state index in [1.54, 1.807) is 13.0 Å². The number of carbonyl (C=O) groups is 1. The van der Waals surface area contributed by atoms with Crippen molar-refractivity contribution in [3.8, 4) is 0 Å². The number of carbonyl (C=O) groups excluding carboxylic acids is 1. The Morgan fingerprint density at radius 2 is 2.10 bits per heavy atom. The van der Waals surface area contributed by atoms with E-state index >= 15 is 0 Å². The van der Waals surface area contributed by atoms with Gasteiger partial charge in [0.1, 0.15) is 0 Å². The van der Waals surface area contributed by atoms with Gasteiger partial charge in [0, 0.05) is 23.7 Å². The number of unbranched alkanes of at least 4 members (excludes halogenated alkanes) is 1. The van der Waals surface area contributed by atoms with Crippen LogP contribution in [0.3, 0.4) is 0 Å². The molecule has 0 saturated carbocycles. The Kier molecular flexibility index (Phi) is 6.85. The van der Waals surface area contributed by atoms with Crippen LogP contribution in [0.15, 0.2) is 18.2 Å². The number of nitrogens with one attached hydrogen (secondary N) is 1. The van der Waals surface area contributed by atoms with Gasteiger partial charge in [-0.3, -0.25) is 14.9 Å². The predicted molar refractivity (Wildman–Crippen MR) is 83.5 cm³/mol. The molecule has 1 amide bonds. The molecule has 0 bridgehead atoms. The van der Waals surface area contributed by atoms with E-state index in [9.17, 15) is 14.9 Å². The lowest BCUT2D eigenvalue weighted by molar-refractivity contribution is -0.385. The van der Waals surface area contributed by atoms with Gasteiger partial charge in [-0.1, -0.05) is 33.1 Å². The second-order valence-corrected chi connectivity index (χ2v) is 5.38. The molecule has 1 N–H and O–H groups in total. The zero-order valence-electron chi connectivity index (χ0n) is 13.0. The molecule has 0 aliphatic heterocycles. The highest BCUT2D eigenvalue weighted by atomic mass is 16.6. The van der Waals surface area contributed by atoms with Crippen molar-refractivity contribution in [3.05, 3.63) is 39.4 Å². The molecular formula is C16H24N2O3. The first-order valence-corrected chi connectivity index (χ1v) is 7.52. The van der Waals surface area contributed by atoms with Crippen molar-refractivity contribution < 1.29 is 9.72 Å². The largest absolute Gasteiger partial charge is 0.352 e. The fourth-order valence-corrected chi connectivity index (χ4v) is 2.28. The molecule has 1 aromatic rings. The van der Waals surface area contributed by atoms with Crippen LogP contribution in [0.25, 0.3) is 0 Å². The summed E-state index contributed by atoms with van der Waals surface area (Å²) < 4.78 is 0. The molecule has 1 atom stereocenters. The summed E-state index contributed by atoms with van der Waals surface area (Å²) in [6, 6.07) is 4.46. The third kappa shape index (κ3) is 5.17. The van der Waals surface area contributed by atoms with E-state index in [1.165, 1.54) is 18.6 Å². The van der Waals surface area contributed by atoms with E-state index in [4.69, 9.17) is 0 Å². The number of benzene rings is 1. The first-order valence-electron chi connectivity index (χ1n) is 7.52. The van der Waals surface area contributed by atoms with Crippen LogP contribution < -0.4 is 5.32 Å². The number of amides is 1. The molecule has 0 fully saturated rings. The van der Waals surface area contributed by atoms with Gasteiger partial charge in [-0.05, 0) is 31.4 Å². The quantitative estimate of drug-likeness (QED) is 0.584. The SMILES string of the molecule is CCCCC(CC)CNC(=O)c1ccc([N+](=O)[O-])c(C)c1. The van der Waals surface area contributed by atoms with Crippen LogP contribution in [0.5, 0.6) is 0 Å². The van der Waals surface area contributed by atoms with Crippen LogP contribution in [0.4, 0.5) is 5.69 Å². The summed E-state index contributed by atoms with van der Waals surface area (Å²) in [5.74, 6) is 0.330. The summed E-state index contributed by atoms with van der Waals surface area (Å²) in [5.41, 5.74) is 1.02. The van der Waals surface area contributed by atoms with E-state index in [-0.39, 0.29) is 11.6 Å². The lowest BCUT2D eigenvalue weighted by atomic mass is 9.99. The van der Waals surface area contributed by atoms with Gasteiger partial charge in [0.15, 0.2) is 0 Å². The first-order chi connectivity index (χ1) is 9.99. The third-order valence-electron chi connectivity index (χ3n) is 3.75. The molecule has 1 unspecified atom stereocenters. The molecular weight excluding hydrogens is 268 g/mol. The smallest absolute Gasteiger partial charge is 0.272 e. The minimum absolute atomic E-state index is 0.0425. The number of hydrogen-bond donors (Lipinski definition) is 1. The highest BCUT2D eigenvalue weighted by Gasteiger charge is 2.14. The maximum Gasteiger partial charge on any atom is 0.272 e. The molecule has 1 rings (SSSR count). The summed E-state index contributed by atoms with van der Waals surface area (Å²) in [5, 5.41) is 13.7. The average molecular weight is 292 g/mol. The molecule has 0 heterocycles. The minimum Gasteiger partial charge on any atom is -0.352 e. The Balaban J connectivity index is 2.63. The van der Waals surface area contributed by atoms with Crippen LogP contribution in [-0.2, 0) is 0 Å². The van der Waals surface area contributed by atoms with Crippen LogP contribution in [0.2, 0.25) is 0 Å². The van der Waals surface area contributed by atoms with E-state index in [2.05, 4.69) is 19.2 Å². The number of nitro groups is 1. The van der Waals surface area contributed by atoms with Crippen molar-refractivity contribution in [2.24, 2.45) is 5.92 Å². The highest BCUT2D eigenvalue weighted by molar-refractivity contribution is 5.94. The lowest BCUT2D eigenvalue weighted by Gasteiger charge is -2.15. The van der Waals surface area contributed by atoms with Crippen molar-refractivity contribution >= 4 is 11.6 Å². The van der Waals surface area contributed by atoms with Gasteiger partial charge in [-0.25, -0.2) is 0 Å². The van der Waals surface area contributed by atoms with E-state index in [0.29, 0.717) is 23.6 Å². The van der Waals surface area contributed by atoms with Crippen LogP contribution in [0, 0.1) is 23.0 Å². The lowest BCUT2D eigenvalue weighted by Crippen LogP contribution is -2.29. The van der Waals surface area contributed by atoms with Gasteiger partial charge >= 0.3 is 0 Å². The maximum absolute atomic E-state index is 12.1. The monoisotopic (exact) mass is 292 g/mol. The fraction of sp³-hybridized carbons (Fsp3) is 0.562. The maximum atomic E-state index is 12.1. The standard InChI is InChI=1S/C16H24N2O3/c1-4-6-7-13(5-2)11-17-16(19)14-8-9-15(18(20)21)12(3)10-14/h8-10,13H,4-7,11H2,1-3H3,(H,17,19). The van der Waals surface area contributed by atoms with Crippen molar-refractivity contribution in [2.45, 2.75) is 46.5 Å². The topological polar surface area (TPSA) is 72.2 Å². The molecule has 5 nitrogen and oxygen atoms in total. The predicted octanol–water partition coefficient (Wildman–Crippen LogP) is 3.85. The molecule has 0 saturated heterocycles. The average Bonchev–Trinajstić information content (AvgIpc) is 2.46. The molecule has 5 heteroatoms. The number of aryl methyl sites for hydroxylation is 1. The normalized spacial score (nSPS) is 12.0. The Morgan fingerprint density at radius 1 is 1.38 bits per heavy atom. The molecule has 0 aromatic heterocycles. The molecule has 0 spiro atoms. The molecule has 116 valence electrons. The Labute approximate surface area is 125 Å². The number of rotatable bonds is 8. The first kappa shape index (κ1) is 17.1. The van der Waals surface area contributed by atoms with Crippen LogP contribution in [-0.4, -0.2) is 17.4 Å². The summed E-state index contributed by atoms with van der Waals surface area (Å²) in [7, 11) is 0. The number of nitro benzene ring substituents is 1. The zero-order valence-corrected chi connectivity index (χ0v) is 13.0. The van der Waals surface area contributed by atoms with Gasteiger partial charge in [-0.2, -0.15) is 0 Å². The Morgan fingerprint density at radius 3 is 2.62 bits per heavy atom. The summed E-state index contributed by atoms with van der Waals surface area (Å²) in [4.78, 5) is 22.4. The highest BCUT2D eigenvalue weighted by Crippen LogP contribution is 2.19. The van der Waals surface area contributed by atoms with Crippen molar-refractivity contribution in [3.63, 3.8) is 0 Å². The van der Waals surface area contributed by atoms with Gasteiger partial charge < -0.3 is 5.32 Å². The Hall–Kier alpha value is -1.91. The minimum atomic E-state index is -0.436. The molecule has 0 aliphatic rings. The third-order valence-corrected chi connectivity index (χ3v) is 3.75. The van der Waals surface area contributed by atoms with Crippen molar-refractivity contribution in [1.82, 2.24) is 5.32 Å². The zero-order chi connectivity index (χ0) is 15.8. The van der Waals surface area contributed by atoms with Crippen LogP contribution >= 0.6 is 0 Å². The van der Waals surface area contributed by atoms with Gasteiger partial charge in [0.2, 0.25) is 0 Å². The van der Waals surface area contributed by atoms with Crippen molar-refractivity contribution in [2.75, 3.05) is 6.54 Å². The number of hydrogen-bond acceptors (Lipinski definition) is 3. The van der Waals surface area contributed by atoms with Gasteiger partial charge in [0.05, 0.1) is 4.92 Å². The molecule has 0 aliphatic carbocycles. The summed E-state index contributed by atoms with van der Waals surface area (Å²) >= 11 is 0. The van der Waals surface area contributed by atoms with E-state index in [1.807, 2.05) is 0 Å². The van der Waals surface area contributed by atoms with Gasteiger partial charge in [0.25, 0.3) is 11.6 Å². The van der Waals surface area contributed by atoms with Gasteiger partial charge in [-0.15, -0.1) is 0 Å². The second kappa shape index (κ2) is 8.39. The summed E-state index contributed by atoms with van der Waals surface area (Å²) in [6.07, 6.45) is 4.49.